The SMILES string of the molecule is CCCC(=O)NCC.[NaH]. The first-order chi connectivity index (χ1) is 3.81. The van der Waals surface area contributed by atoms with E-state index >= 15 is 0 Å². The minimum atomic E-state index is 0. The number of hydrogen-bond acceptors (Lipinski definition) is 1. The summed E-state index contributed by atoms with van der Waals surface area (Å²) < 4.78 is 0. The second kappa shape index (κ2) is 8.47. The fraction of sp³-hybridized carbons (Fsp3) is 0.833. The second-order valence-corrected chi connectivity index (χ2v) is 1.70. The molecule has 0 aliphatic rings. The molecule has 0 aromatic heterocycles. The molecule has 0 bridgehead atoms. The van der Waals surface area contributed by atoms with Crippen molar-refractivity contribution in [2.24, 2.45) is 0 Å². The van der Waals surface area contributed by atoms with E-state index in [0.29, 0.717) is 6.42 Å². The summed E-state index contributed by atoms with van der Waals surface area (Å²) >= 11 is 0. The molecule has 0 aliphatic carbocycles. The van der Waals surface area contributed by atoms with Crippen LogP contribution in [-0.2, 0) is 4.79 Å². The Morgan fingerprint density at radius 3 is 2.33 bits per heavy atom. The van der Waals surface area contributed by atoms with Crippen LogP contribution in [0.25, 0.3) is 0 Å². The van der Waals surface area contributed by atoms with Crippen molar-refractivity contribution in [3.05, 3.63) is 0 Å². The third-order valence-corrected chi connectivity index (χ3v) is 0.851. The van der Waals surface area contributed by atoms with Gasteiger partial charge in [-0.1, -0.05) is 6.92 Å². The van der Waals surface area contributed by atoms with Crippen molar-refractivity contribution >= 4 is 35.5 Å². The number of carbonyl (C=O) groups excluding carboxylic acids is 1. The van der Waals surface area contributed by atoms with Crippen molar-refractivity contribution in [3.8, 4) is 0 Å². The summed E-state index contributed by atoms with van der Waals surface area (Å²) in [4.78, 5) is 10.5. The van der Waals surface area contributed by atoms with E-state index < -0.39 is 0 Å². The Morgan fingerprint density at radius 1 is 1.44 bits per heavy atom. The van der Waals surface area contributed by atoms with E-state index in [9.17, 15) is 4.79 Å². The molecule has 3 heteroatoms. The first-order valence-electron chi connectivity index (χ1n) is 3.08. The van der Waals surface area contributed by atoms with Gasteiger partial charge in [-0.15, -0.1) is 0 Å². The average Bonchev–Trinajstić information content (AvgIpc) is 1.68. The van der Waals surface area contributed by atoms with Gasteiger partial charge in [-0.05, 0) is 13.3 Å². The molecule has 0 spiro atoms. The van der Waals surface area contributed by atoms with Gasteiger partial charge in [0.2, 0.25) is 5.91 Å². The van der Waals surface area contributed by atoms with Crippen molar-refractivity contribution < 1.29 is 4.79 Å². The molecule has 0 unspecified atom stereocenters. The fourth-order valence-electron chi connectivity index (χ4n) is 0.513. The van der Waals surface area contributed by atoms with E-state index in [0.717, 1.165) is 13.0 Å². The van der Waals surface area contributed by atoms with Crippen molar-refractivity contribution in [2.45, 2.75) is 26.7 Å². The van der Waals surface area contributed by atoms with E-state index in [-0.39, 0.29) is 35.5 Å². The Labute approximate surface area is 78.7 Å². The molecule has 9 heavy (non-hydrogen) atoms. The van der Waals surface area contributed by atoms with Crippen LogP contribution in [0.15, 0.2) is 0 Å². The van der Waals surface area contributed by atoms with E-state index in [4.69, 9.17) is 0 Å². The Bertz CT molecular complexity index is 67.5. The summed E-state index contributed by atoms with van der Waals surface area (Å²) in [6.45, 7) is 4.67. The molecule has 0 heterocycles. The summed E-state index contributed by atoms with van der Waals surface area (Å²) in [6.07, 6.45) is 1.60. The van der Waals surface area contributed by atoms with Gasteiger partial charge in [0, 0.05) is 13.0 Å². The van der Waals surface area contributed by atoms with Gasteiger partial charge in [-0.25, -0.2) is 0 Å². The molecule has 2 nitrogen and oxygen atoms in total. The first-order valence-corrected chi connectivity index (χ1v) is 3.08. The second-order valence-electron chi connectivity index (χ2n) is 1.70. The van der Waals surface area contributed by atoms with Crippen molar-refractivity contribution in [1.29, 1.82) is 0 Å². The van der Waals surface area contributed by atoms with Crippen molar-refractivity contribution in [2.75, 3.05) is 6.54 Å². The molecule has 50 valence electrons. The van der Waals surface area contributed by atoms with Gasteiger partial charge in [0.15, 0.2) is 0 Å². The van der Waals surface area contributed by atoms with Crippen LogP contribution in [0.1, 0.15) is 26.7 Å². The van der Waals surface area contributed by atoms with Crippen molar-refractivity contribution in [1.82, 2.24) is 5.32 Å². The molecular formula is C6H14NNaO. The monoisotopic (exact) mass is 139 g/mol. The molecule has 0 saturated carbocycles. The van der Waals surface area contributed by atoms with E-state index in [2.05, 4.69) is 5.32 Å². The Hall–Kier alpha value is 0.470. The van der Waals surface area contributed by atoms with Gasteiger partial charge in [0.05, 0.1) is 0 Å². The van der Waals surface area contributed by atoms with Crippen LogP contribution in [0.2, 0.25) is 0 Å². The van der Waals surface area contributed by atoms with Gasteiger partial charge >= 0.3 is 29.6 Å². The molecule has 0 aromatic rings. The number of amides is 1. The number of nitrogens with one attached hydrogen (secondary N) is 1. The summed E-state index contributed by atoms with van der Waals surface area (Å²) in [5.74, 6) is 0.162. The van der Waals surface area contributed by atoms with Crippen LogP contribution in [-0.4, -0.2) is 42.0 Å². The normalized spacial score (nSPS) is 7.78. The van der Waals surface area contributed by atoms with Gasteiger partial charge in [0.25, 0.3) is 0 Å². The molecule has 1 amide bonds. The fourth-order valence-corrected chi connectivity index (χ4v) is 0.513. The van der Waals surface area contributed by atoms with Gasteiger partial charge in [0.1, 0.15) is 0 Å². The zero-order chi connectivity index (χ0) is 6.41. The third kappa shape index (κ3) is 8.47. The van der Waals surface area contributed by atoms with Crippen LogP contribution in [0, 0.1) is 0 Å². The zero-order valence-electron chi connectivity index (χ0n) is 5.53. The average molecular weight is 139 g/mol. The number of carbonyl (C=O) groups is 1. The molecule has 0 radical (unpaired) electrons. The quantitative estimate of drug-likeness (QED) is 0.559. The maximum absolute atomic E-state index is 10.5. The van der Waals surface area contributed by atoms with E-state index in [1.54, 1.807) is 0 Å². The molecule has 0 aliphatic heterocycles. The van der Waals surface area contributed by atoms with E-state index in [1.165, 1.54) is 0 Å². The zero-order valence-corrected chi connectivity index (χ0v) is 5.53. The Morgan fingerprint density at radius 2 is 2.00 bits per heavy atom. The van der Waals surface area contributed by atoms with Crippen LogP contribution in [0.5, 0.6) is 0 Å². The standard InChI is InChI=1S/C6H13NO.Na.H/c1-3-5-6(8)7-4-2;;/h3-5H2,1-2H3,(H,7,8);;. The predicted molar refractivity (Wildman–Crippen MR) is 40.7 cm³/mol. The third-order valence-electron chi connectivity index (χ3n) is 0.851. The first kappa shape index (κ1) is 12.2. The van der Waals surface area contributed by atoms with Crippen LogP contribution in [0.4, 0.5) is 0 Å². The Balaban J connectivity index is 0. The predicted octanol–water partition coefficient (Wildman–Crippen LogP) is 0.274. The molecule has 0 fully saturated rings. The topological polar surface area (TPSA) is 29.1 Å². The van der Waals surface area contributed by atoms with Crippen LogP contribution < -0.4 is 5.32 Å². The summed E-state index contributed by atoms with van der Waals surface area (Å²) in [7, 11) is 0. The molecule has 0 atom stereocenters. The number of hydrogen-bond donors (Lipinski definition) is 1. The molecular weight excluding hydrogens is 125 g/mol. The Kier molecular flexibility index (Phi) is 11.5. The van der Waals surface area contributed by atoms with Gasteiger partial charge < -0.3 is 5.32 Å². The van der Waals surface area contributed by atoms with E-state index in [1.807, 2.05) is 13.8 Å². The van der Waals surface area contributed by atoms with Gasteiger partial charge in [-0.3, -0.25) is 4.79 Å². The molecule has 0 aromatic carbocycles. The maximum atomic E-state index is 10.5. The van der Waals surface area contributed by atoms with Crippen LogP contribution in [0.3, 0.4) is 0 Å². The molecule has 1 N–H and O–H groups in total. The molecule has 0 saturated heterocycles. The summed E-state index contributed by atoms with van der Waals surface area (Å²) in [6, 6.07) is 0. The van der Waals surface area contributed by atoms with Gasteiger partial charge in [-0.2, -0.15) is 0 Å². The summed E-state index contributed by atoms with van der Waals surface area (Å²) in [5, 5.41) is 2.71. The molecule has 0 rings (SSSR count). The van der Waals surface area contributed by atoms with Crippen molar-refractivity contribution in [3.63, 3.8) is 0 Å². The minimum absolute atomic E-state index is 0. The summed E-state index contributed by atoms with van der Waals surface area (Å²) in [5.41, 5.74) is 0. The van der Waals surface area contributed by atoms with Crippen LogP contribution >= 0.6 is 0 Å². The number of rotatable bonds is 3.